The van der Waals surface area contributed by atoms with E-state index in [-0.39, 0.29) is 11.7 Å². The van der Waals surface area contributed by atoms with Crippen molar-refractivity contribution in [3.05, 3.63) is 17.6 Å². The minimum absolute atomic E-state index is 0.176. The summed E-state index contributed by atoms with van der Waals surface area (Å²) in [6.45, 7) is 1.74. The van der Waals surface area contributed by atoms with Crippen LogP contribution in [0.25, 0.3) is 0 Å². The van der Waals surface area contributed by atoms with Gasteiger partial charge >= 0.3 is 0 Å². The summed E-state index contributed by atoms with van der Waals surface area (Å²) in [6, 6.07) is 0.322. The molecule has 3 N–H and O–H groups in total. The van der Waals surface area contributed by atoms with E-state index in [1.807, 2.05) is 0 Å². The molecule has 1 heterocycles. The maximum atomic E-state index is 11.6. The number of carbonyl (C=O) groups excluding carboxylic acids is 1. The number of nitrogens with two attached hydrogens (primary N) is 1. The summed E-state index contributed by atoms with van der Waals surface area (Å²) in [5.74, 6) is 0.645. The molecule has 1 aromatic heterocycles. The summed E-state index contributed by atoms with van der Waals surface area (Å²) in [5.41, 5.74) is 5.97. The molecule has 0 saturated heterocycles. The quantitative estimate of drug-likeness (QED) is 0.704. The van der Waals surface area contributed by atoms with Crippen molar-refractivity contribution in [1.29, 1.82) is 0 Å². The number of nitrogens with one attached hydrogen (secondary N) is 1. The van der Waals surface area contributed by atoms with Crippen LogP contribution in [0.3, 0.4) is 0 Å². The fourth-order valence-electron chi connectivity index (χ4n) is 1.15. The van der Waals surface area contributed by atoms with Crippen LogP contribution < -0.4 is 11.1 Å². The lowest BCUT2D eigenvalue weighted by atomic mass is 10.3. The Morgan fingerprint density at radius 1 is 1.64 bits per heavy atom. The molecule has 0 spiro atoms. The minimum Gasteiger partial charge on any atom is -0.383 e. The first-order chi connectivity index (χ1) is 6.66. The predicted octanol–water partition coefficient (Wildman–Crippen LogP) is 0.259. The standard InChI is InChI=1S/C9H12N4O/c1-5-11-4-7(8(10)12-5)9(14)13-6-2-3-6/h4,6H,2-3H2,1H3,(H,13,14)(H2,10,11,12). The molecule has 1 aliphatic rings. The highest BCUT2D eigenvalue weighted by atomic mass is 16.1. The van der Waals surface area contributed by atoms with Crippen molar-refractivity contribution in [2.75, 3.05) is 5.73 Å². The minimum atomic E-state index is -0.176. The normalized spacial score (nSPS) is 15.2. The zero-order valence-corrected chi connectivity index (χ0v) is 7.95. The van der Waals surface area contributed by atoms with Crippen molar-refractivity contribution < 1.29 is 4.79 Å². The van der Waals surface area contributed by atoms with Gasteiger partial charge in [0.15, 0.2) is 0 Å². The van der Waals surface area contributed by atoms with Gasteiger partial charge in [0.1, 0.15) is 11.6 Å². The molecule has 1 aromatic rings. The fourth-order valence-corrected chi connectivity index (χ4v) is 1.15. The lowest BCUT2D eigenvalue weighted by Gasteiger charge is -2.05. The summed E-state index contributed by atoms with van der Waals surface area (Å²) in [7, 11) is 0. The molecule has 0 bridgehead atoms. The van der Waals surface area contributed by atoms with Crippen LogP contribution in [0.5, 0.6) is 0 Å². The Hall–Kier alpha value is -1.65. The largest absolute Gasteiger partial charge is 0.383 e. The number of nitrogen functional groups attached to an aromatic ring is 1. The summed E-state index contributed by atoms with van der Waals surface area (Å²) >= 11 is 0. The van der Waals surface area contributed by atoms with Gasteiger partial charge in [-0.1, -0.05) is 0 Å². The third-order valence-corrected chi connectivity index (χ3v) is 2.10. The van der Waals surface area contributed by atoms with Gasteiger partial charge in [0.2, 0.25) is 0 Å². The second-order valence-electron chi connectivity index (χ2n) is 3.46. The first-order valence-electron chi connectivity index (χ1n) is 4.57. The molecule has 0 atom stereocenters. The Kier molecular flexibility index (Phi) is 2.07. The average Bonchev–Trinajstić information content (AvgIpc) is 2.87. The van der Waals surface area contributed by atoms with Crippen LogP contribution in [0, 0.1) is 6.92 Å². The zero-order valence-electron chi connectivity index (χ0n) is 7.95. The van der Waals surface area contributed by atoms with Crippen LogP contribution >= 0.6 is 0 Å². The molecule has 1 saturated carbocycles. The molecule has 1 aliphatic carbocycles. The van der Waals surface area contributed by atoms with Crippen molar-refractivity contribution in [2.45, 2.75) is 25.8 Å². The molecule has 0 radical (unpaired) electrons. The second kappa shape index (κ2) is 3.25. The maximum Gasteiger partial charge on any atom is 0.256 e. The number of hydrogen-bond acceptors (Lipinski definition) is 4. The van der Waals surface area contributed by atoms with Gasteiger partial charge in [-0.3, -0.25) is 4.79 Å². The predicted molar refractivity (Wildman–Crippen MR) is 51.7 cm³/mol. The SMILES string of the molecule is Cc1ncc(C(=O)NC2CC2)c(N)n1. The number of aromatic nitrogens is 2. The van der Waals surface area contributed by atoms with Gasteiger partial charge in [-0.15, -0.1) is 0 Å². The highest BCUT2D eigenvalue weighted by molar-refractivity contribution is 5.98. The fraction of sp³-hybridized carbons (Fsp3) is 0.444. The summed E-state index contributed by atoms with van der Waals surface area (Å²) in [6.07, 6.45) is 3.58. The van der Waals surface area contributed by atoms with Gasteiger partial charge in [-0.2, -0.15) is 0 Å². The molecule has 5 heteroatoms. The molecule has 5 nitrogen and oxygen atoms in total. The first-order valence-corrected chi connectivity index (χ1v) is 4.57. The molecule has 1 fully saturated rings. The van der Waals surface area contributed by atoms with Crippen LogP contribution in [0.2, 0.25) is 0 Å². The lowest BCUT2D eigenvalue weighted by Crippen LogP contribution is -2.26. The number of anilines is 1. The summed E-state index contributed by atoms with van der Waals surface area (Å²) < 4.78 is 0. The average molecular weight is 192 g/mol. The van der Waals surface area contributed by atoms with E-state index in [0.717, 1.165) is 12.8 Å². The Morgan fingerprint density at radius 2 is 2.36 bits per heavy atom. The van der Waals surface area contributed by atoms with Crippen molar-refractivity contribution >= 4 is 11.7 Å². The molecular formula is C9H12N4O. The highest BCUT2D eigenvalue weighted by Gasteiger charge is 2.24. The van der Waals surface area contributed by atoms with Gasteiger partial charge in [0.05, 0.1) is 5.56 Å². The lowest BCUT2D eigenvalue weighted by molar-refractivity contribution is 0.0951. The van der Waals surface area contributed by atoms with E-state index in [9.17, 15) is 4.79 Å². The summed E-state index contributed by atoms with van der Waals surface area (Å²) in [5, 5.41) is 2.83. The van der Waals surface area contributed by atoms with Crippen LogP contribution in [-0.2, 0) is 0 Å². The zero-order chi connectivity index (χ0) is 10.1. The molecule has 74 valence electrons. The van der Waals surface area contributed by atoms with Gasteiger partial charge in [-0.05, 0) is 19.8 Å². The molecule has 0 aromatic carbocycles. The van der Waals surface area contributed by atoms with E-state index in [2.05, 4.69) is 15.3 Å². The topological polar surface area (TPSA) is 80.9 Å². The molecule has 1 amide bonds. The Balaban J connectivity index is 2.17. The van der Waals surface area contributed by atoms with Gasteiger partial charge in [-0.25, -0.2) is 9.97 Å². The second-order valence-corrected chi connectivity index (χ2v) is 3.46. The first kappa shape index (κ1) is 8.93. The van der Waals surface area contributed by atoms with Crippen molar-refractivity contribution in [3.8, 4) is 0 Å². The van der Waals surface area contributed by atoms with Crippen molar-refractivity contribution in [3.63, 3.8) is 0 Å². The molecule has 14 heavy (non-hydrogen) atoms. The Labute approximate surface area is 81.7 Å². The maximum absolute atomic E-state index is 11.6. The monoisotopic (exact) mass is 192 g/mol. The smallest absolute Gasteiger partial charge is 0.256 e. The van der Waals surface area contributed by atoms with Crippen LogP contribution in [0.1, 0.15) is 29.0 Å². The number of amides is 1. The third kappa shape index (κ3) is 1.81. The van der Waals surface area contributed by atoms with E-state index in [1.165, 1.54) is 6.20 Å². The molecule has 2 rings (SSSR count). The molecule has 0 aliphatic heterocycles. The number of rotatable bonds is 2. The number of hydrogen-bond donors (Lipinski definition) is 2. The van der Waals surface area contributed by atoms with E-state index in [0.29, 0.717) is 17.4 Å². The van der Waals surface area contributed by atoms with E-state index >= 15 is 0 Å². The highest BCUT2D eigenvalue weighted by Crippen LogP contribution is 2.19. The van der Waals surface area contributed by atoms with Gasteiger partial charge in [0.25, 0.3) is 5.91 Å². The van der Waals surface area contributed by atoms with Crippen LogP contribution in [-0.4, -0.2) is 21.9 Å². The van der Waals surface area contributed by atoms with Gasteiger partial charge < -0.3 is 11.1 Å². The van der Waals surface area contributed by atoms with E-state index in [1.54, 1.807) is 6.92 Å². The van der Waals surface area contributed by atoms with E-state index in [4.69, 9.17) is 5.73 Å². The summed E-state index contributed by atoms with van der Waals surface area (Å²) in [4.78, 5) is 19.4. The number of aryl methyl sites for hydroxylation is 1. The van der Waals surface area contributed by atoms with Crippen molar-refractivity contribution in [2.24, 2.45) is 0 Å². The molecule has 0 unspecified atom stereocenters. The Bertz CT molecular complexity index is 373. The molecular weight excluding hydrogens is 180 g/mol. The van der Waals surface area contributed by atoms with E-state index < -0.39 is 0 Å². The van der Waals surface area contributed by atoms with Crippen LogP contribution in [0.15, 0.2) is 6.20 Å². The third-order valence-electron chi connectivity index (χ3n) is 2.10. The Morgan fingerprint density at radius 3 is 2.93 bits per heavy atom. The number of nitrogens with zero attached hydrogens (tertiary/aromatic N) is 2. The van der Waals surface area contributed by atoms with Gasteiger partial charge in [0, 0.05) is 12.2 Å². The van der Waals surface area contributed by atoms with Crippen LogP contribution in [0.4, 0.5) is 5.82 Å². The van der Waals surface area contributed by atoms with Crippen molar-refractivity contribution in [1.82, 2.24) is 15.3 Å². The number of carbonyl (C=O) groups is 1.